The van der Waals surface area contributed by atoms with Crippen LogP contribution >= 0.6 is 12.4 Å². The van der Waals surface area contributed by atoms with Gasteiger partial charge in [0.15, 0.2) is 0 Å². The predicted molar refractivity (Wildman–Crippen MR) is 100.0 cm³/mol. The zero-order chi connectivity index (χ0) is 17.8. The van der Waals surface area contributed by atoms with Crippen LogP contribution in [0.25, 0.3) is 0 Å². The van der Waals surface area contributed by atoms with Gasteiger partial charge >= 0.3 is 0 Å². The molecule has 0 saturated carbocycles. The standard InChI is InChI=1S/C16H27N3O3S.ClH/c1-11(2)9-16(5,10-17)19-23(21,22)14-7-6-12(3)15(8-14)18-13(4)20;/h6-8,11,19H,9-10,17H2,1-5H3,(H,18,20);1H. The minimum absolute atomic E-state index is 0. The van der Waals surface area contributed by atoms with Gasteiger partial charge in [0.2, 0.25) is 15.9 Å². The molecule has 0 saturated heterocycles. The Bertz CT molecular complexity index is 677. The number of benzene rings is 1. The zero-order valence-corrected chi connectivity index (χ0v) is 16.5. The molecule has 24 heavy (non-hydrogen) atoms. The summed E-state index contributed by atoms with van der Waals surface area (Å²) in [6.07, 6.45) is 0.632. The Morgan fingerprint density at radius 2 is 1.92 bits per heavy atom. The van der Waals surface area contributed by atoms with E-state index in [4.69, 9.17) is 5.73 Å². The van der Waals surface area contributed by atoms with Crippen molar-refractivity contribution in [3.8, 4) is 0 Å². The Labute approximate surface area is 151 Å². The minimum Gasteiger partial charge on any atom is -0.329 e. The summed E-state index contributed by atoms with van der Waals surface area (Å²) in [5.41, 5.74) is 6.34. The molecule has 1 unspecified atom stereocenters. The number of hydrogen-bond acceptors (Lipinski definition) is 4. The number of halogens is 1. The van der Waals surface area contributed by atoms with E-state index in [9.17, 15) is 13.2 Å². The van der Waals surface area contributed by atoms with Crippen LogP contribution in [0.5, 0.6) is 0 Å². The lowest BCUT2D eigenvalue weighted by atomic mass is 9.92. The molecule has 0 radical (unpaired) electrons. The summed E-state index contributed by atoms with van der Waals surface area (Å²) in [4.78, 5) is 11.3. The topological polar surface area (TPSA) is 101 Å². The van der Waals surface area contributed by atoms with E-state index in [2.05, 4.69) is 10.0 Å². The van der Waals surface area contributed by atoms with Crippen LogP contribution in [-0.2, 0) is 14.8 Å². The number of anilines is 1. The number of carbonyl (C=O) groups excluding carboxylic acids is 1. The number of rotatable bonds is 7. The third kappa shape index (κ3) is 6.39. The number of aryl methyl sites for hydroxylation is 1. The summed E-state index contributed by atoms with van der Waals surface area (Å²) in [6, 6.07) is 4.66. The summed E-state index contributed by atoms with van der Waals surface area (Å²) in [7, 11) is -3.73. The molecular weight excluding hydrogens is 350 g/mol. The quantitative estimate of drug-likeness (QED) is 0.679. The molecule has 0 aromatic heterocycles. The molecule has 1 aromatic carbocycles. The fraction of sp³-hybridized carbons (Fsp3) is 0.562. The van der Waals surface area contributed by atoms with Gasteiger partial charge in [-0.1, -0.05) is 19.9 Å². The molecule has 138 valence electrons. The number of carbonyl (C=O) groups is 1. The smallest absolute Gasteiger partial charge is 0.241 e. The zero-order valence-electron chi connectivity index (χ0n) is 14.8. The van der Waals surface area contributed by atoms with Crippen LogP contribution in [0, 0.1) is 12.8 Å². The van der Waals surface area contributed by atoms with Gasteiger partial charge in [0.05, 0.1) is 4.90 Å². The molecule has 0 aliphatic rings. The van der Waals surface area contributed by atoms with Crippen molar-refractivity contribution in [3.05, 3.63) is 23.8 Å². The maximum Gasteiger partial charge on any atom is 0.241 e. The molecule has 0 spiro atoms. The molecule has 1 atom stereocenters. The highest BCUT2D eigenvalue weighted by Crippen LogP contribution is 2.23. The van der Waals surface area contributed by atoms with Crippen LogP contribution < -0.4 is 15.8 Å². The van der Waals surface area contributed by atoms with E-state index >= 15 is 0 Å². The van der Waals surface area contributed by atoms with E-state index < -0.39 is 15.6 Å². The van der Waals surface area contributed by atoms with Crippen molar-refractivity contribution >= 4 is 34.0 Å². The third-order valence-corrected chi connectivity index (χ3v) is 5.16. The Morgan fingerprint density at radius 1 is 1.33 bits per heavy atom. The van der Waals surface area contributed by atoms with Gasteiger partial charge in [-0.25, -0.2) is 13.1 Å². The van der Waals surface area contributed by atoms with Crippen LogP contribution in [0.15, 0.2) is 23.1 Å². The maximum atomic E-state index is 12.7. The van der Waals surface area contributed by atoms with Gasteiger partial charge in [0.1, 0.15) is 0 Å². The van der Waals surface area contributed by atoms with Gasteiger partial charge in [-0.2, -0.15) is 0 Å². The highest BCUT2D eigenvalue weighted by Gasteiger charge is 2.30. The second-order valence-electron chi connectivity index (χ2n) is 6.63. The average molecular weight is 378 g/mol. The van der Waals surface area contributed by atoms with Crippen molar-refractivity contribution in [3.63, 3.8) is 0 Å². The molecule has 4 N–H and O–H groups in total. The number of nitrogens with two attached hydrogens (primary N) is 1. The molecule has 1 aromatic rings. The average Bonchev–Trinajstić information content (AvgIpc) is 2.39. The summed E-state index contributed by atoms with van der Waals surface area (Å²) in [5.74, 6) is 0.0569. The first kappa shape index (κ1) is 22.9. The molecular formula is C16H28ClN3O3S. The molecule has 8 heteroatoms. The first-order valence-corrected chi connectivity index (χ1v) is 9.10. The normalized spacial score (nSPS) is 14.0. The number of amides is 1. The van der Waals surface area contributed by atoms with E-state index in [0.29, 0.717) is 18.0 Å². The predicted octanol–water partition coefficient (Wildman–Crippen LogP) is 2.42. The maximum absolute atomic E-state index is 12.7. The molecule has 0 aliphatic carbocycles. The second kappa shape index (κ2) is 8.80. The Morgan fingerprint density at radius 3 is 2.38 bits per heavy atom. The van der Waals surface area contributed by atoms with Crippen LogP contribution in [0.1, 0.15) is 39.7 Å². The summed E-state index contributed by atoms with van der Waals surface area (Å²) in [5, 5.41) is 2.64. The first-order chi connectivity index (χ1) is 10.5. The van der Waals surface area contributed by atoms with Crippen molar-refractivity contribution < 1.29 is 13.2 Å². The lowest BCUT2D eigenvalue weighted by Crippen LogP contribution is -2.51. The number of hydrogen-bond donors (Lipinski definition) is 3. The fourth-order valence-electron chi connectivity index (χ4n) is 2.54. The highest BCUT2D eigenvalue weighted by atomic mass is 35.5. The van der Waals surface area contributed by atoms with Gasteiger partial charge in [0, 0.05) is 24.7 Å². The van der Waals surface area contributed by atoms with Crippen molar-refractivity contribution in [1.29, 1.82) is 0 Å². The van der Waals surface area contributed by atoms with Crippen LogP contribution in [0.2, 0.25) is 0 Å². The van der Waals surface area contributed by atoms with Gasteiger partial charge in [-0.15, -0.1) is 12.4 Å². The molecule has 0 heterocycles. The van der Waals surface area contributed by atoms with E-state index in [-0.39, 0.29) is 29.8 Å². The monoisotopic (exact) mass is 377 g/mol. The number of sulfonamides is 1. The van der Waals surface area contributed by atoms with E-state index in [1.807, 2.05) is 13.8 Å². The molecule has 0 bridgehead atoms. The Balaban J connectivity index is 0.00000529. The SMILES string of the molecule is CC(=O)Nc1cc(S(=O)(=O)NC(C)(CN)CC(C)C)ccc1C.Cl. The third-order valence-electron chi connectivity index (χ3n) is 3.52. The van der Waals surface area contributed by atoms with Crippen LogP contribution in [0.4, 0.5) is 5.69 Å². The van der Waals surface area contributed by atoms with Gasteiger partial charge < -0.3 is 11.1 Å². The van der Waals surface area contributed by atoms with Crippen molar-refractivity contribution in [2.45, 2.75) is 51.5 Å². The van der Waals surface area contributed by atoms with Crippen LogP contribution in [-0.4, -0.2) is 26.4 Å². The Kier molecular flexibility index (Phi) is 8.38. The van der Waals surface area contributed by atoms with Crippen molar-refractivity contribution in [2.75, 3.05) is 11.9 Å². The highest BCUT2D eigenvalue weighted by molar-refractivity contribution is 7.89. The lowest BCUT2D eigenvalue weighted by molar-refractivity contribution is -0.114. The second-order valence-corrected chi connectivity index (χ2v) is 8.31. The largest absolute Gasteiger partial charge is 0.329 e. The van der Waals surface area contributed by atoms with E-state index in [1.165, 1.54) is 19.1 Å². The first-order valence-electron chi connectivity index (χ1n) is 7.61. The molecule has 1 amide bonds. The molecule has 6 nitrogen and oxygen atoms in total. The van der Waals surface area contributed by atoms with Gasteiger partial charge in [0.25, 0.3) is 0 Å². The van der Waals surface area contributed by atoms with Crippen molar-refractivity contribution in [1.82, 2.24) is 4.72 Å². The van der Waals surface area contributed by atoms with E-state index in [0.717, 1.165) is 5.56 Å². The van der Waals surface area contributed by atoms with Crippen molar-refractivity contribution in [2.24, 2.45) is 11.7 Å². The molecule has 1 rings (SSSR count). The van der Waals surface area contributed by atoms with Crippen LogP contribution in [0.3, 0.4) is 0 Å². The minimum atomic E-state index is -3.73. The fourth-order valence-corrected chi connectivity index (χ4v) is 4.00. The molecule has 0 aliphatic heterocycles. The molecule has 0 fully saturated rings. The summed E-state index contributed by atoms with van der Waals surface area (Å²) < 4.78 is 28.0. The Hall–Kier alpha value is -1.15. The van der Waals surface area contributed by atoms with E-state index in [1.54, 1.807) is 19.9 Å². The summed E-state index contributed by atoms with van der Waals surface area (Å²) in [6.45, 7) is 9.22. The summed E-state index contributed by atoms with van der Waals surface area (Å²) >= 11 is 0. The lowest BCUT2D eigenvalue weighted by Gasteiger charge is -2.30. The van der Waals surface area contributed by atoms with Gasteiger partial charge in [-0.3, -0.25) is 4.79 Å². The number of nitrogens with one attached hydrogen (secondary N) is 2. The van der Waals surface area contributed by atoms with Gasteiger partial charge in [-0.05, 0) is 43.9 Å².